The van der Waals surface area contributed by atoms with Crippen LogP contribution in [0.4, 0.5) is 35.0 Å². The van der Waals surface area contributed by atoms with E-state index in [1.54, 1.807) is 6.07 Å². The molecule has 0 aromatic heterocycles. The molecular weight excluding hydrogens is 455 g/mol. The lowest BCUT2D eigenvalue weighted by Gasteiger charge is -2.11. The van der Waals surface area contributed by atoms with E-state index < -0.39 is 28.6 Å². The lowest BCUT2D eigenvalue weighted by atomic mass is 10.2. The number of alkyl halides is 3. The second kappa shape index (κ2) is 10.3. The Balaban J connectivity index is 1.55. The second-order valence-electron chi connectivity index (χ2n) is 6.79. The monoisotopic (exact) mass is 471 g/mol. The average molecular weight is 471 g/mol. The van der Waals surface area contributed by atoms with Crippen molar-refractivity contribution in [2.75, 3.05) is 10.6 Å². The van der Waals surface area contributed by atoms with Crippen LogP contribution in [0, 0.1) is 10.1 Å². The fourth-order valence-corrected chi connectivity index (χ4v) is 2.72. The summed E-state index contributed by atoms with van der Waals surface area (Å²) in [6, 6.07) is 14.7. The van der Waals surface area contributed by atoms with Gasteiger partial charge in [-0.15, -0.1) is 0 Å². The molecule has 34 heavy (non-hydrogen) atoms. The van der Waals surface area contributed by atoms with Crippen molar-refractivity contribution in [2.45, 2.75) is 6.18 Å². The second-order valence-corrected chi connectivity index (χ2v) is 6.79. The van der Waals surface area contributed by atoms with Crippen LogP contribution in [0.15, 0.2) is 77.9 Å². The van der Waals surface area contributed by atoms with E-state index in [4.69, 9.17) is 0 Å². The van der Waals surface area contributed by atoms with E-state index >= 15 is 0 Å². The van der Waals surface area contributed by atoms with E-state index in [1.807, 2.05) is 0 Å². The van der Waals surface area contributed by atoms with Gasteiger partial charge in [0.2, 0.25) is 0 Å². The molecule has 0 atom stereocenters. The Bertz CT molecular complexity index is 1240. The number of nitro benzene ring substituents is 1. The van der Waals surface area contributed by atoms with E-state index in [1.165, 1.54) is 60.8 Å². The number of amides is 3. The Hall–Kier alpha value is -4.74. The van der Waals surface area contributed by atoms with Gasteiger partial charge in [-0.3, -0.25) is 14.9 Å². The highest BCUT2D eigenvalue weighted by atomic mass is 19.4. The summed E-state index contributed by atoms with van der Waals surface area (Å²) < 4.78 is 38.3. The molecule has 0 radical (unpaired) electrons. The van der Waals surface area contributed by atoms with Crippen LogP contribution in [0.5, 0.6) is 0 Å². The summed E-state index contributed by atoms with van der Waals surface area (Å²) in [5.41, 5.74) is 2.15. The summed E-state index contributed by atoms with van der Waals surface area (Å²) in [5.74, 6) is -0.568. The molecule has 0 fully saturated rings. The Kier molecular flexibility index (Phi) is 7.21. The molecule has 3 rings (SSSR count). The number of hydrogen-bond donors (Lipinski definition) is 3. The third kappa shape index (κ3) is 6.63. The first-order valence-electron chi connectivity index (χ1n) is 9.55. The van der Waals surface area contributed by atoms with E-state index in [0.717, 1.165) is 12.1 Å². The summed E-state index contributed by atoms with van der Waals surface area (Å²) in [7, 11) is 0. The molecule has 0 aliphatic heterocycles. The SMILES string of the molecule is O=C(Nc1ccc(C(=O)N/N=C/c2cccc([N+](=O)[O-])c2)cc1)Nc1cccc(C(F)(F)F)c1. The Morgan fingerprint density at radius 1 is 0.912 bits per heavy atom. The minimum atomic E-state index is -4.53. The highest BCUT2D eigenvalue weighted by Gasteiger charge is 2.30. The number of non-ortho nitro benzene ring substituents is 1. The van der Waals surface area contributed by atoms with Gasteiger partial charge in [0.15, 0.2) is 0 Å². The maximum absolute atomic E-state index is 12.8. The summed E-state index contributed by atoms with van der Waals surface area (Å²) >= 11 is 0. The number of nitrogens with one attached hydrogen (secondary N) is 3. The molecule has 0 spiro atoms. The van der Waals surface area contributed by atoms with E-state index in [9.17, 15) is 32.9 Å². The van der Waals surface area contributed by atoms with Crippen molar-refractivity contribution in [3.8, 4) is 0 Å². The van der Waals surface area contributed by atoms with Crippen molar-refractivity contribution in [1.82, 2.24) is 5.43 Å². The van der Waals surface area contributed by atoms with Crippen LogP contribution in [0.1, 0.15) is 21.5 Å². The molecule has 0 saturated carbocycles. The van der Waals surface area contributed by atoms with Crippen molar-refractivity contribution in [3.05, 3.63) is 99.6 Å². The molecule has 0 saturated heterocycles. The van der Waals surface area contributed by atoms with Gasteiger partial charge >= 0.3 is 12.2 Å². The maximum atomic E-state index is 12.8. The average Bonchev–Trinajstić information content (AvgIpc) is 2.79. The van der Waals surface area contributed by atoms with Crippen LogP contribution in [-0.2, 0) is 6.18 Å². The van der Waals surface area contributed by atoms with E-state index in [-0.39, 0.29) is 16.9 Å². The number of carbonyl (C=O) groups excluding carboxylic acids is 2. The molecule has 3 N–H and O–H groups in total. The van der Waals surface area contributed by atoms with Crippen molar-refractivity contribution in [2.24, 2.45) is 5.10 Å². The predicted molar refractivity (Wildman–Crippen MR) is 119 cm³/mol. The Morgan fingerprint density at radius 3 is 2.26 bits per heavy atom. The Labute approximate surface area is 190 Å². The quantitative estimate of drug-likeness (QED) is 0.265. The summed E-state index contributed by atoms with van der Waals surface area (Å²) in [6.07, 6.45) is -3.29. The molecule has 3 aromatic rings. The van der Waals surface area contributed by atoms with Gasteiger partial charge in [0, 0.05) is 34.6 Å². The standard InChI is InChI=1S/C22H16F3N5O4/c23-22(24,25)16-4-2-5-18(12-16)28-21(32)27-17-9-7-15(8-10-17)20(31)29-26-13-14-3-1-6-19(11-14)30(33)34/h1-13H,(H,29,31)(H2,27,28,32)/b26-13+. The molecule has 0 aliphatic carbocycles. The van der Waals surface area contributed by atoms with Gasteiger partial charge in [0.1, 0.15) is 0 Å². The predicted octanol–water partition coefficient (Wildman–Crippen LogP) is 5.02. The number of nitro groups is 1. The van der Waals surface area contributed by atoms with Gasteiger partial charge in [-0.2, -0.15) is 18.3 Å². The smallest absolute Gasteiger partial charge is 0.308 e. The maximum Gasteiger partial charge on any atom is 0.416 e. The van der Waals surface area contributed by atoms with Gasteiger partial charge in [-0.05, 0) is 42.5 Å². The number of halogens is 3. The topological polar surface area (TPSA) is 126 Å². The number of rotatable bonds is 6. The van der Waals surface area contributed by atoms with Crippen molar-refractivity contribution in [3.63, 3.8) is 0 Å². The molecule has 3 amide bonds. The molecule has 174 valence electrons. The van der Waals surface area contributed by atoms with Crippen LogP contribution in [-0.4, -0.2) is 23.1 Å². The van der Waals surface area contributed by atoms with E-state index in [2.05, 4.69) is 21.2 Å². The normalized spacial score (nSPS) is 11.1. The van der Waals surface area contributed by atoms with Crippen LogP contribution >= 0.6 is 0 Å². The van der Waals surface area contributed by atoms with Gasteiger partial charge < -0.3 is 10.6 Å². The minimum absolute atomic E-state index is 0.0371. The van der Waals surface area contributed by atoms with Gasteiger partial charge in [-0.1, -0.05) is 18.2 Å². The van der Waals surface area contributed by atoms with Gasteiger partial charge in [0.05, 0.1) is 16.7 Å². The third-order valence-corrected chi connectivity index (χ3v) is 4.31. The Morgan fingerprint density at radius 2 is 1.59 bits per heavy atom. The van der Waals surface area contributed by atoms with E-state index in [0.29, 0.717) is 11.3 Å². The van der Waals surface area contributed by atoms with Gasteiger partial charge in [-0.25, -0.2) is 10.2 Å². The molecule has 12 heteroatoms. The molecule has 0 bridgehead atoms. The lowest BCUT2D eigenvalue weighted by Crippen LogP contribution is -2.20. The first kappa shape index (κ1) is 23.9. The first-order chi connectivity index (χ1) is 16.1. The fraction of sp³-hybridized carbons (Fsp3) is 0.0455. The lowest BCUT2D eigenvalue weighted by molar-refractivity contribution is -0.384. The summed E-state index contributed by atoms with van der Waals surface area (Å²) in [6.45, 7) is 0. The van der Waals surface area contributed by atoms with Crippen LogP contribution in [0.25, 0.3) is 0 Å². The van der Waals surface area contributed by atoms with Crippen LogP contribution < -0.4 is 16.1 Å². The number of hydrogen-bond acceptors (Lipinski definition) is 5. The van der Waals surface area contributed by atoms with Crippen LogP contribution in [0.3, 0.4) is 0 Å². The fourth-order valence-electron chi connectivity index (χ4n) is 2.72. The highest BCUT2D eigenvalue weighted by molar-refractivity contribution is 6.00. The zero-order valence-corrected chi connectivity index (χ0v) is 17.2. The molecule has 0 unspecified atom stereocenters. The van der Waals surface area contributed by atoms with Crippen molar-refractivity contribution >= 4 is 35.2 Å². The van der Waals surface area contributed by atoms with Gasteiger partial charge in [0.25, 0.3) is 11.6 Å². The zero-order valence-electron chi connectivity index (χ0n) is 17.2. The number of carbonyl (C=O) groups is 2. The first-order valence-corrected chi connectivity index (χ1v) is 9.55. The number of hydrazone groups is 1. The molecule has 0 heterocycles. The molecule has 0 aliphatic rings. The largest absolute Gasteiger partial charge is 0.416 e. The third-order valence-electron chi connectivity index (χ3n) is 4.31. The summed E-state index contributed by atoms with van der Waals surface area (Å²) in [5, 5.41) is 19.3. The molecule has 9 nitrogen and oxygen atoms in total. The zero-order chi connectivity index (χ0) is 24.7. The number of benzene rings is 3. The molecule has 3 aromatic carbocycles. The minimum Gasteiger partial charge on any atom is -0.308 e. The summed E-state index contributed by atoms with van der Waals surface area (Å²) in [4.78, 5) is 34.5. The number of nitrogens with zero attached hydrogens (tertiary/aromatic N) is 2. The van der Waals surface area contributed by atoms with Crippen molar-refractivity contribution in [1.29, 1.82) is 0 Å². The highest BCUT2D eigenvalue weighted by Crippen LogP contribution is 2.30. The van der Waals surface area contributed by atoms with Crippen LogP contribution in [0.2, 0.25) is 0 Å². The van der Waals surface area contributed by atoms with Crippen molar-refractivity contribution < 1.29 is 27.7 Å². The number of urea groups is 1. The molecular formula is C22H16F3N5O4. The number of anilines is 2.